The van der Waals surface area contributed by atoms with Gasteiger partial charge in [-0.25, -0.2) is 0 Å². The Balaban J connectivity index is 2.00. The highest BCUT2D eigenvalue weighted by molar-refractivity contribution is 8.01. The third-order valence-electron chi connectivity index (χ3n) is 3.88. The van der Waals surface area contributed by atoms with E-state index in [1.807, 2.05) is 53.4 Å². The Morgan fingerprint density at radius 3 is 2.32 bits per heavy atom. The summed E-state index contributed by atoms with van der Waals surface area (Å²) in [4.78, 5) is 14.7. The maximum atomic E-state index is 12.8. The Bertz CT molecular complexity index is 668. The van der Waals surface area contributed by atoms with Gasteiger partial charge in [0.1, 0.15) is 5.37 Å². The van der Waals surface area contributed by atoms with Crippen molar-refractivity contribution in [2.75, 3.05) is 4.90 Å². The van der Waals surface area contributed by atoms with Crippen LogP contribution < -0.4 is 4.90 Å². The maximum Gasteiger partial charge on any atom is 0.241 e. The van der Waals surface area contributed by atoms with Crippen molar-refractivity contribution in [2.24, 2.45) is 0 Å². The van der Waals surface area contributed by atoms with Crippen LogP contribution in [-0.4, -0.2) is 11.2 Å². The molecule has 0 aromatic heterocycles. The van der Waals surface area contributed by atoms with Gasteiger partial charge in [0, 0.05) is 10.7 Å². The van der Waals surface area contributed by atoms with E-state index in [1.54, 1.807) is 11.8 Å². The van der Waals surface area contributed by atoms with Gasteiger partial charge in [-0.15, -0.1) is 11.8 Å². The molecule has 2 aromatic rings. The molecule has 0 saturated carbocycles. The van der Waals surface area contributed by atoms with Crippen LogP contribution >= 0.6 is 23.4 Å². The fraction of sp³-hybridized carbons (Fsp3) is 0.278. The van der Waals surface area contributed by atoms with Gasteiger partial charge in [0.15, 0.2) is 0 Å². The van der Waals surface area contributed by atoms with Crippen LogP contribution in [0.4, 0.5) is 5.69 Å². The van der Waals surface area contributed by atoms with E-state index < -0.39 is 0 Å². The van der Waals surface area contributed by atoms with Crippen LogP contribution in [0.25, 0.3) is 0 Å². The Morgan fingerprint density at radius 2 is 1.73 bits per heavy atom. The lowest BCUT2D eigenvalue weighted by Crippen LogP contribution is -2.30. The van der Waals surface area contributed by atoms with Crippen LogP contribution in [0.5, 0.6) is 0 Å². The fourth-order valence-corrected chi connectivity index (χ4v) is 4.16. The lowest BCUT2D eigenvalue weighted by Gasteiger charge is -2.24. The van der Waals surface area contributed by atoms with Gasteiger partial charge in [0.05, 0.1) is 5.25 Å². The molecule has 114 valence electrons. The molecule has 2 aromatic carbocycles. The van der Waals surface area contributed by atoms with E-state index in [2.05, 4.69) is 13.8 Å². The molecule has 4 heteroatoms. The molecule has 0 spiro atoms. The first-order valence-corrected chi connectivity index (χ1v) is 8.73. The number of benzene rings is 2. The Kier molecular flexibility index (Phi) is 4.46. The van der Waals surface area contributed by atoms with Crippen molar-refractivity contribution in [3.8, 4) is 0 Å². The maximum absolute atomic E-state index is 12.8. The molecule has 2 nitrogen and oxygen atoms in total. The standard InChI is InChI=1S/C18H18ClNOS/c1-3-16-17(21)20(15-10-4-12(2)5-11-15)18(22-16)13-6-8-14(19)9-7-13/h4-11,16,18H,3H2,1-2H3. The smallest absolute Gasteiger partial charge is 0.241 e. The molecule has 22 heavy (non-hydrogen) atoms. The van der Waals surface area contributed by atoms with Gasteiger partial charge >= 0.3 is 0 Å². The number of hydrogen-bond donors (Lipinski definition) is 0. The summed E-state index contributed by atoms with van der Waals surface area (Å²) in [6.07, 6.45) is 0.843. The Labute approximate surface area is 140 Å². The lowest BCUT2D eigenvalue weighted by molar-refractivity contribution is -0.117. The number of halogens is 1. The van der Waals surface area contributed by atoms with Crippen molar-refractivity contribution in [2.45, 2.75) is 30.9 Å². The monoisotopic (exact) mass is 331 g/mol. The summed E-state index contributed by atoms with van der Waals surface area (Å²) < 4.78 is 0. The molecule has 1 amide bonds. The Morgan fingerprint density at radius 1 is 1.09 bits per heavy atom. The molecule has 1 saturated heterocycles. The van der Waals surface area contributed by atoms with Crippen LogP contribution in [-0.2, 0) is 4.79 Å². The van der Waals surface area contributed by atoms with Crippen molar-refractivity contribution < 1.29 is 4.79 Å². The molecule has 0 N–H and O–H groups in total. The molecule has 1 aliphatic heterocycles. The van der Waals surface area contributed by atoms with E-state index in [1.165, 1.54) is 5.56 Å². The topological polar surface area (TPSA) is 20.3 Å². The summed E-state index contributed by atoms with van der Waals surface area (Å²) in [5, 5.41) is 0.742. The highest BCUT2D eigenvalue weighted by atomic mass is 35.5. The normalized spacial score (nSPS) is 21.4. The minimum absolute atomic E-state index is 0.0115. The van der Waals surface area contributed by atoms with Gasteiger partial charge in [0.25, 0.3) is 0 Å². The molecule has 1 heterocycles. The minimum atomic E-state index is 0.0115. The molecule has 1 aliphatic rings. The summed E-state index contributed by atoms with van der Waals surface area (Å²) >= 11 is 7.70. The molecule has 0 aliphatic carbocycles. The summed E-state index contributed by atoms with van der Waals surface area (Å²) in [5.41, 5.74) is 3.26. The van der Waals surface area contributed by atoms with Crippen LogP contribution in [0, 0.1) is 6.92 Å². The summed E-state index contributed by atoms with van der Waals surface area (Å²) in [6, 6.07) is 15.9. The van der Waals surface area contributed by atoms with Gasteiger partial charge in [-0.1, -0.05) is 48.4 Å². The minimum Gasteiger partial charge on any atom is -0.295 e. The quantitative estimate of drug-likeness (QED) is 0.769. The van der Waals surface area contributed by atoms with Gasteiger partial charge in [-0.05, 0) is 43.2 Å². The van der Waals surface area contributed by atoms with Crippen LogP contribution in [0.3, 0.4) is 0 Å². The third kappa shape index (κ3) is 2.88. The van der Waals surface area contributed by atoms with Crippen LogP contribution in [0.1, 0.15) is 29.8 Å². The number of carbonyl (C=O) groups excluding carboxylic acids is 1. The van der Waals surface area contributed by atoms with Crippen molar-refractivity contribution in [1.82, 2.24) is 0 Å². The first kappa shape index (κ1) is 15.4. The zero-order valence-electron chi connectivity index (χ0n) is 12.6. The number of thioether (sulfide) groups is 1. The molecule has 0 bridgehead atoms. The number of carbonyl (C=O) groups is 1. The Hall–Kier alpha value is -1.45. The SMILES string of the molecule is CCC1SC(c2ccc(Cl)cc2)N(c2ccc(C)cc2)C1=O. The molecular weight excluding hydrogens is 314 g/mol. The molecule has 2 unspecified atom stereocenters. The van der Waals surface area contributed by atoms with Crippen molar-refractivity contribution in [3.05, 3.63) is 64.7 Å². The van der Waals surface area contributed by atoms with Crippen molar-refractivity contribution >= 4 is 35.0 Å². The summed E-state index contributed by atoms with van der Waals surface area (Å²) in [5.74, 6) is 0.191. The molecule has 2 atom stereocenters. The largest absolute Gasteiger partial charge is 0.295 e. The third-order valence-corrected chi connectivity index (χ3v) is 5.73. The lowest BCUT2D eigenvalue weighted by atomic mass is 10.1. The van der Waals surface area contributed by atoms with Crippen LogP contribution in [0.15, 0.2) is 48.5 Å². The van der Waals surface area contributed by atoms with Crippen molar-refractivity contribution in [3.63, 3.8) is 0 Å². The molecule has 0 radical (unpaired) electrons. The van der Waals surface area contributed by atoms with Gasteiger partial charge in [-0.2, -0.15) is 0 Å². The number of amides is 1. The average Bonchev–Trinajstić information content (AvgIpc) is 2.86. The van der Waals surface area contributed by atoms with Gasteiger partial charge in [0.2, 0.25) is 5.91 Å². The predicted molar refractivity (Wildman–Crippen MR) is 94.5 cm³/mol. The summed E-state index contributed by atoms with van der Waals surface area (Å²) in [6.45, 7) is 4.11. The van der Waals surface area contributed by atoms with Gasteiger partial charge in [-0.3, -0.25) is 9.69 Å². The zero-order chi connectivity index (χ0) is 15.7. The summed E-state index contributed by atoms with van der Waals surface area (Å²) in [7, 11) is 0. The van der Waals surface area contributed by atoms with E-state index >= 15 is 0 Å². The van der Waals surface area contributed by atoms with Crippen molar-refractivity contribution in [1.29, 1.82) is 0 Å². The first-order chi connectivity index (χ1) is 10.6. The molecule has 1 fully saturated rings. The van der Waals surface area contributed by atoms with E-state index in [-0.39, 0.29) is 16.5 Å². The van der Waals surface area contributed by atoms with E-state index in [0.717, 1.165) is 17.7 Å². The van der Waals surface area contributed by atoms with E-state index in [9.17, 15) is 4.79 Å². The molecule has 3 rings (SSSR count). The number of nitrogens with zero attached hydrogens (tertiary/aromatic N) is 1. The highest BCUT2D eigenvalue weighted by Crippen LogP contribution is 2.46. The average molecular weight is 332 g/mol. The molecular formula is C18H18ClNOS. The fourth-order valence-electron chi connectivity index (χ4n) is 2.64. The zero-order valence-corrected chi connectivity index (χ0v) is 14.2. The number of aryl methyl sites for hydroxylation is 1. The number of rotatable bonds is 3. The van der Waals surface area contributed by atoms with Crippen LogP contribution in [0.2, 0.25) is 5.02 Å². The first-order valence-electron chi connectivity index (χ1n) is 7.41. The second-order valence-electron chi connectivity index (χ2n) is 5.48. The van der Waals surface area contributed by atoms with E-state index in [0.29, 0.717) is 5.02 Å². The highest BCUT2D eigenvalue weighted by Gasteiger charge is 2.40. The van der Waals surface area contributed by atoms with Gasteiger partial charge < -0.3 is 0 Å². The second kappa shape index (κ2) is 6.35. The number of anilines is 1. The number of hydrogen-bond acceptors (Lipinski definition) is 2. The van der Waals surface area contributed by atoms with E-state index in [4.69, 9.17) is 11.6 Å². The second-order valence-corrected chi connectivity index (χ2v) is 7.20. The predicted octanol–water partition coefficient (Wildman–Crippen LogP) is 5.21.